The SMILES string of the molecule is O=C(c1sc2c(ccc(=O)n2-c2ccccc2)c1Nc1ccccc1)N1CCC[C@H]1CO. The first-order valence-electron chi connectivity index (χ1n) is 10.7. The summed E-state index contributed by atoms with van der Waals surface area (Å²) in [7, 11) is 0. The molecule has 7 heteroatoms. The standard InChI is InChI=1S/C25H23N3O3S/c29-16-19-12-7-15-27(19)24(31)23-22(26-17-8-3-1-4-9-17)20-13-14-21(30)28(25(20)32-23)18-10-5-2-6-11-18/h1-6,8-11,13-14,19,26,29H,7,12,15-16H2/t19-/m0/s1. The first-order chi connectivity index (χ1) is 15.7. The van der Waals surface area contributed by atoms with Gasteiger partial charge >= 0.3 is 0 Å². The number of aliphatic hydroxyl groups is 1. The number of hydrogen-bond acceptors (Lipinski definition) is 5. The number of nitrogens with one attached hydrogen (secondary N) is 1. The van der Waals surface area contributed by atoms with Gasteiger partial charge in [0.25, 0.3) is 11.5 Å². The van der Waals surface area contributed by atoms with E-state index in [0.717, 1.165) is 29.6 Å². The summed E-state index contributed by atoms with van der Waals surface area (Å²) in [4.78, 5) is 29.5. The minimum Gasteiger partial charge on any atom is -0.394 e. The molecule has 4 aromatic rings. The van der Waals surface area contributed by atoms with Crippen LogP contribution in [0.4, 0.5) is 11.4 Å². The maximum Gasteiger partial charge on any atom is 0.266 e. The molecule has 5 rings (SSSR count). The van der Waals surface area contributed by atoms with E-state index in [4.69, 9.17) is 0 Å². The fraction of sp³-hybridized carbons (Fsp3) is 0.200. The van der Waals surface area contributed by atoms with Crippen LogP contribution in [0, 0.1) is 0 Å². The number of carbonyl (C=O) groups excluding carboxylic acids is 1. The Hall–Kier alpha value is -3.42. The molecule has 2 N–H and O–H groups in total. The van der Waals surface area contributed by atoms with Crippen LogP contribution in [0.1, 0.15) is 22.5 Å². The molecule has 1 fully saturated rings. The van der Waals surface area contributed by atoms with E-state index in [1.165, 1.54) is 11.3 Å². The Morgan fingerprint density at radius 3 is 2.47 bits per heavy atom. The third-order valence-corrected chi connectivity index (χ3v) is 7.02. The first-order valence-corrected chi connectivity index (χ1v) is 11.5. The molecule has 1 atom stereocenters. The molecule has 0 radical (unpaired) electrons. The molecule has 1 amide bonds. The van der Waals surface area contributed by atoms with Crippen LogP contribution < -0.4 is 10.9 Å². The Labute approximate surface area is 189 Å². The second kappa shape index (κ2) is 8.61. The van der Waals surface area contributed by atoms with Crippen LogP contribution in [0.2, 0.25) is 0 Å². The molecule has 0 bridgehead atoms. The lowest BCUT2D eigenvalue weighted by molar-refractivity contribution is 0.0683. The van der Waals surface area contributed by atoms with Crippen LogP contribution in [0.25, 0.3) is 15.9 Å². The van der Waals surface area contributed by atoms with Crippen molar-refractivity contribution in [2.24, 2.45) is 0 Å². The molecule has 0 saturated carbocycles. The van der Waals surface area contributed by atoms with Crippen molar-refractivity contribution in [3.63, 3.8) is 0 Å². The number of nitrogens with zero attached hydrogens (tertiary/aromatic N) is 2. The van der Waals surface area contributed by atoms with Crippen molar-refractivity contribution in [3.8, 4) is 5.69 Å². The van der Waals surface area contributed by atoms with Gasteiger partial charge < -0.3 is 15.3 Å². The van der Waals surface area contributed by atoms with Crippen molar-refractivity contribution in [3.05, 3.63) is 88.0 Å². The number of thiophene rings is 1. The molecule has 162 valence electrons. The Bertz CT molecular complexity index is 1320. The van der Waals surface area contributed by atoms with Gasteiger partial charge in [-0.25, -0.2) is 0 Å². The highest BCUT2D eigenvalue weighted by Gasteiger charge is 2.32. The second-order valence-corrected chi connectivity index (χ2v) is 8.83. The summed E-state index contributed by atoms with van der Waals surface area (Å²) in [5, 5.41) is 14.0. The smallest absolute Gasteiger partial charge is 0.266 e. The summed E-state index contributed by atoms with van der Waals surface area (Å²) >= 11 is 1.31. The lowest BCUT2D eigenvalue weighted by Gasteiger charge is -2.23. The predicted octanol–water partition coefficient (Wildman–Crippen LogP) is 4.39. The van der Waals surface area contributed by atoms with Gasteiger partial charge in [-0.05, 0) is 43.2 Å². The first kappa shape index (κ1) is 20.5. The monoisotopic (exact) mass is 445 g/mol. The molecule has 1 aliphatic heterocycles. The van der Waals surface area contributed by atoms with Gasteiger partial charge in [0.15, 0.2) is 0 Å². The van der Waals surface area contributed by atoms with Gasteiger partial charge in [-0.2, -0.15) is 0 Å². The molecule has 6 nitrogen and oxygen atoms in total. The van der Waals surface area contributed by atoms with Gasteiger partial charge in [-0.15, -0.1) is 11.3 Å². The fourth-order valence-corrected chi connectivity index (χ4v) is 5.49. The van der Waals surface area contributed by atoms with E-state index >= 15 is 0 Å². The lowest BCUT2D eigenvalue weighted by Crippen LogP contribution is -2.37. The van der Waals surface area contributed by atoms with Crippen molar-refractivity contribution in [2.45, 2.75) is 18.9 Å². The molecule has 1 aliphatic rings. The summed E-state index contributed by atoms with van der Waals surface area (Å²) in [6, 6.07) is 22.3. The molecular formula is C25H23N3O3S. The summed E-state index contributed by atoms with van der Waals surface area (Å²) in [6.45, 7) is 0.571. The maximum atomic E-state index is 13.6. The highest BCUT2D eigenvalue weighted by atomic mass is 32.1. The van der Waals surface area contributed by atoms with E-state index in [0.29, 0.717) is 21.9 Å². The molecule has 32 heavy (non-hydrogen) atoms. The summed E-state index contributed by atoms with van der Waals surface area (Å²) < 4.78 is 1.65. The van der Waals surface area contributed by atoms with E-state index in [1.807, 2.05) is 60.7 Å². The molecular weight excluding hydrogens is 422 g/mol. The number of anilines is 2. The Morgan fingerprint density at radius 1 is 1.03 bits per heavy atom. The van der Waals surface area contributed by atoms with E-state index in [-0.39, 0.29) is 24.1 Å². The average Bonchev–Trinajstić information content (AvgIpc) is 3.45. The topological polar surface area (TPSA) is 74.6 Å². The number of amides is 1. The van der Waals surface area contributed by atoms with Crippen LogP contribution in [0.5, 0.6) is 0 Å². The number of rotatable bonds is 5. The van der Waals surface area contributed by atoms with Gasteiger partial charge in [0, 0.05) is 23.7 Å². The number of aliphatic hydroxyl groups excluding tert-OH is 1. The van der Waals surface area contributed by atoms with Crippen LogP contribution >= 0.6 is 11.3 Å². The number of fused-ring (bicyclic) bond motifs is 1. The third kappa shape index (κ3) is 3.59. The van der Waals surface area contributed by atoms with Gasteiger partial charge in [0.1, 0.15) is 9.71 Å². The molecule has 3 heterocycles. The van der Waals surface area contributed by atoms with Gasteiger partial charge in [0.05, 0.1) is 24.0 Å². The number of aromatic nitrogens is 1. The quantitative estimate of drug-likeness (QED) is 0.478. The number of para-hydroxylation sites is 2. The van der Waals surface area contributed by atoms with Crippen molar-refractivity contribution < 1.29 is 9.90 Å². The third-order valence-electron chi connectivity index (χ3n) is 5.84. The summed E-state index contributed by atoms with van der Waals surface area (Å²) in [5.41, 5.74) is 2.15. The molecule has 1 saturated heterocycles. The summed E-state index contributed by atoms with van der Waals surface area (Å²) in [5.74, 6) is -0.117. The molecule has 2 aromatic heterocycles. The number of benzene rings is 2. The van der Waals surface area contributed by atoms with Crippen LogP contribution in [-0.2, 0) is 0 Å². The largest absolute Gasteiger partial charge is 0.394 e. The zero-order chi connectivity index (χ0) is 22.1. The Morgan fingerprint density at radius 2 is 1.75 bits per heavy atom. The van der Waals surface area contributed by atoms with E-state index in [9.17, 15) is 14.7 Å². The second-order valence-electron chi connectivity index (χ2n) is 7.84. The normalized spacial score (nSPS) is 15.9. The van der Waals surface area contributed by atoms with Crippen molar-refractivity contribution in [2.75, 3.05) is 18.5 Å². The number of hydrogen-bond donors (Lipinski definition) is 2. The van der Waals surface area contributed by atoms with Gasteiger partial charge in [-0.1, -0.05) is 36.4 Å². The van der Waals surface area contributed by atoms with E-state index in [2.05, 4.69) is 5.32 Å². The van der Waals surface area contributed by atoms with Gasteiger partial charge in [0.2, 0.25) is 0 Å². The predicted molar refractivity (Wildman–Crippen MR) is 128 cm³/mol. The molecule has 0 aliphatic carbocycles. The van der Waals surface area contributed by atoms with Gasteiger partial charge in [-0.3, -0.25) is 14.2 Å². The average molecular weight is 446 g/mol. The zero-order valence-electron chi connectivity index (χ0n) is 17.4. The zero-order valence-corrected chi connectivity index (χ0v) is 18.2. The fourth-order valence-electron chi connectivity index (χ4n) is 4.27. The minimum atomic E-state index is -0.173. The molecule has 0 unspecified atom stereocenters. The molecule has 0 spiro atoms. The van der Waals surface area contributed by atoms with Crippen molar-refractivity contribution in [1.82, 2.24) is 9.47 Å². The maximum absolute atomic E-state index is 13.6. The molecule has 2 aromatic carbocycles. The van der Waals surface area contributed by atoms with E-state index < -0.39 is 0 Å². The van der Waals surface area contributed by atoms with Crippen LogP contribution in [-0.4, -0.2) is 39.7 Å². The highest BCUT2D eigenvalue weighted by Crippen LogP contribution is 2.39. The minimum absolute atomic E-state index is 0.0488. The Balaban J connectivity index is 1.72. The Kier molecular flexibility index (Phi) is 5.51. The number of likely N-dealkylation sites (tertiary alicyclic amines) is 1. The van der Waals surface area contributed by atoms with Crippen LogP contribution in [0.15, 0.2) is 77.6 Å². The van der Waals surface area contributed by atoms with Crippen molar-refractivity contribution >= 4 is 38.8 Å². The van der Waals surface area contributed by atoms with E-state index in [1.54, 1.807) is 21.6 Å². The number of pyridine rings is 1. The summed E-state index contributed by atoms with van der Waals surface area (Å²) in [6.07, 6.45) is 1.67. The lowest BCUT2D eigenvalue weighted by atomic mass is 10.2. The number of carbonyl (C=O) groups is 1. The van der Waals surface area contributed by atoms with Crippen molar-refractivity contribution in [1.29, 1.82) is 0 Å². The van der Waals surface area contributed by atoms with Crippen LogP contribution in [0.3, 0.4) is 0 Å². The highest BCUT2D eigenvalue weighted by molar-refractivity contribution is 7.21.